The second-order valence-electron chi connectivity index (χ2n) is 7.01. The second-order valence-corrected chi connectivity index (χ2v) is 7.01. The molecule has 0 amide bonds. The molecule has 8 heteroatoms. The number of pyridine rings is 1. The van der Waals surface area contributed by atoms with Crippen molar-refractivity contribution in [2.24, 2.45) is 0 Å². The van der Waals surface area contributed by atoms with Gasteiger partial charge in [0.05, 0.1) is 43.0 Å². The van der Waals surface area contributed by atoms with Crippen LogP contribution in [0.25, 0.3) is 16.9 Å². The van der Waals surface area contributed by atoms with Crippen LogP contribution in [0.15, 0.2) is 30.3 Å². The highest BCUT2D eigenvalue weighted by Crippen LogP contribution is 2.38. The topological polar surface area (TPSA) is 49.2 Å². The molecule has 0 unspecified atom stereocenters. The molecule has 0 radical (unpaired) electrons. The van der Waals surface area contributed by atoms with Gasteiger partial charge in [-0.1, -0.05) is 0 Å². The quantitative estimate of drug-likeness (QED) is 0.639. The van der Waals surface area contributed by atoms with Gasteiger partial charge in [0.2, 0.25) is 0 Å². The van der Waals surface area contributed by atoms with Crippen molar-refractivity contribution in [3.63, 3.8) is 0 Å². The highest BCUT2D eigenvalue weighted by atomic mass is 19.4. The number of halogens is 3. The second kappa shape index (κ2) is 7.18. The number of aromatic nitrogens is 3. The summed E-state index contributed by atoms with van der Waals surface area (Å²) in [6, 6.07) is 7.71. The van der Waals surface area contributed by atoms with Crippen LogP contribution >= 0.6 is 0 Å². The number of hydrogen-bond acceptors (Lipinski definition) is 4. The van der Waals surface area contributed by atoms with Crippen LogP contribution < -0.4 is 4.74 Å². The molecule has 3 aromatic rings. The predicted molar refractivity (Wildman–Crippen MR) is 101 cm³/mol. The normalized spacial score (nSPS) is 14.0. The first-order valence-electron chi connectivity index (χ1n) is 9.17. The fraction of sp³-hybridized carbons (Fsp3) is 0.333. The first-order chi connectivity index (χ1) is 13.8. The summed E-state index contributed by atoms with van der Waals surface area (Å²) in [4.78, 5) is 4.40. The minimum absolute atomic E-state index is 0.233. The molecular formula is C21H20F3N3O2. The van der Waals surface area contributed by atoms with Crippen LogP contribution in [0.1, 0.15) is 28.2 Å². The molecular weight excluding hydrogens is 383 g/mol. The maximum absolute atomic E-state index is 13.2. The molecule has 4 rings (SSSR count). The van der Waals surface area contributed by atoms with Crippen molar-refractivity contribution in [1.82, 2.24) is 14.8 Å². The summed E-state index contributed by atoms with van der Waals surface area (Å²) in [6.45, 7) is 4.77. The third-order valence-corrected chi connectivity index (χ3v) is 4.91. The highest BCUT2D eigenvalue weighted by Gasteiger charge is 2.34. The van der Waals surface area contributed by atoms with Crippen molar-refractivity contribution in [2.75, 3.05) is 13.7 Å². The Morgan fingerprint density at radius 3 is 2.48 bits per heavy atom. The van der Waals surface area contributed by atoms with Gasteiger partial charge in [-0.25, -0.2) is 4.68 Å². The van der Waals surface area contributed by atoms with Crippen molar-refractivity contribution in [2.45, 2.75) is 33.1 Å². The molecule has 29 heavy (non-hydrogen) atoms. The van der Waals surface area contributed by atoms with Gasteiger partial charge in [-0.15, -0.1) is 0 Å². The van der Waals surface area contributed by atoms with Crippen molar-refractivity contribution >= 4 is 0 Å². The minimum Gasteiger partial charge on any atom is -0.496 e. The van der Waals surface area contributed by atoms with Crippen LogP contribution in [0.4, 0.5) is 13.2 Å². The molecule has 0 saturated heterocycles. The molecule has 2 aromatic heterocycles. The van der Waals surface area contributed by atoms with Gasteiger partial charge in [-0.3, -0.25) is 4.98 Å². The molecule has 1 aromatic carbocycles. The van der Waals surface area contributed by atoms with E-state index in [1.807, 2.05) is 26.0 Å². The molecule has 3 heterocycles. The van der Waals surface area contributed by atoms with Gasteiger partial charge in [0.15, 0.2) is 0 Å². The van der Waals surface area contributed by atoms with E-state index in [9.17, 15) is 13.2 Å². The number of aryl methyl sites for hydroxylation is 2. The van der Waals surface area contributed by atoms with E-state index in [2.05, 4.69) is 4.98 Å². The lowest BCUT2D eigenvalue weighted by Crippen LogP contribution is -2.13. The molecule has 0 aliphatic carbocycles. The molecule has 0 N–H and O–H groups in total. The van der Waals surface area contributed by atoms with E-state index in [1.165, 1.54) is 19.2 Å². The molecule has 0 fully saturated rings. The lowest BCUT2D eigenvalue weighted by atomic mass is 10.0. The SMILES string of the molecule is COc1cc(-n2nc(-c3cc(C)nc(C)c3)c3c2CCOC3)ccc1C(F)(F)F. The fourth-order valence-corrected chi connectivity index (χ4v) is 3.70. The smallest absolute Gasteiger partial charge is 0.419 e. The summed E-state index contributed by atoms with van der Waals surface area (Å²) in [7, 11) is 1.23. The Balaban J connectivity index is 1.88. The van der Waals surface area contributed by atoms with Gasteiger partial charge in [0.25, 0.3) is 0 Å². The van der Waals surface area contributed by atoms with Gasteiger partial charge in [-0.2, -0.15) is 18.3 Å². The van der Waals surface area contributed by atoms with Crippen molar-refractivity contribution < 1.29 is 22.6 Å². The van der Waals surface area contributed by atoms with Gasteiger partial charge in [0, 0.05) is 35.0 Å². The van der Waals surface area contributed by atoms with Crippen LogP contribution in [0.3, 0.4) is 0 Å². The van der Waals surface area contributed by atoms with E-state index < -0.39 is 11.7 Å². The summed E-state index contributed by atoms with van der Waals surface area (Å²) in [6.07, 6.45) is -3.87. The van der Waals surface area contributed by atoms with Crippen molar-refractivity contribution in [3.8, 4) is 22.7 Å². The molecule has 0 saturated carbocycles. The Kier molecular flexibility index (Phi) is 4.82. The van der Waals surface area contributed by atoms with Crippen LogP contribution in [-0.2, 0) is 23.9 Å². The zero-order valence-corrected chi connectivity index (χ0v) is 16.3. The molecule has 152 valence electrons. The molecule has 5 nitrogen and oxygen atoms in total. The number of ether oxygens (including phenoxy) is 2. The molecule has 0 atom stereocenters. The number of methoxy groups -OCH3 is 1. The first kappa shape index (κ1) is 19.4. The first-order valence-corrected chi connectivity index (χ1v) is 9.17. The maximum Gasteiger partial charge on any atom is 0.419 e. The van der Waals surface area contributed by atoms with E-state index in [4.69, 9.17) is 14.6 Å². The minimum atomic E-state index is -4.49. The number of rotatable bonds is 3. The Bertz CT molecular complexity index is 1050. The molecule has 0 bridgehead atoms. The summed E-state index contributed by atoms with van der Waals surface area (Å²) >= 11 is 0. The largest absolute Gasteiger partial charge is 0.496 e. The summed E-state index contributed by atoms with van der Waals surface area (Å²) in [5.74, 6) is -0.233. The predicted octanol–water partition coefficient (Wildman–Crippen LogP) is 4.65. The number of alkyl halides is 3. The van der Waals surface area contributed by atoms with Crippen molar-refractivity contribution in [3.05, 3.63) is 58.5 Å². The van der Waals surface area contributed by atoms with Crippen LogP contribution in [-0.4, -0.2) is 28.5 Å². The van der Waals surface area contributed by atoms with E-state index in [-0.39, 0.29) is 5.75 Å². The molecule has 1 aliphatic rings. The Morgan fingerprint density at radius 2 is 1.83 bits per heavy atom. The van der Waals surface area contributed by atoms with Gasteiger partial charge >= 0.3 is 6.18 Å². The Labute approximate surface area is 166 Å². The van der Waals surface area contributed by atoms with Gasteiger partial charge in [-0.05, 0) is 38.1 Å². The van der Waals surface area contributed by atoms with Crippen molar-refractivity contribution in [1.29, 1.82) is 0 Å². The summed E-state index contributed by atoms with van der Waals surface area (Å²) in [5.41, 5.74) is 4.99. The molecule has 0 spiro atoms. The van der Waals surface area contributed by atoms with E-state index in [0.717, 1.165) is 40.0 Å². The number of benzene rings is 1. The van der Waals surface area contributed by atoms with E-state index >= 15 is 0 Å². The number of nitrogens with zero attached hydrogens (tertiary/aromatic N) is 3. The number of fused-ring (bicyclic) bond motifs is 1. The highest BCUT2D eigenvalue weighted by molar-refractivity contribution is 5.66. The van der Waals surface area contributed by atoms with Crippen LogP contribution in [0.5, 0.6) is 5.75 Å². The van der Waals surface area contributed by atoms with E-state index in [1.54, 1.807) is 4.68 Å². The Morgan fingerprint density at radius 1 is 1.10 bits per heavy atom. The maximum atomic E-state index is 13.2. The summed E-state index contributed by atoms with van der Waals surface area (Å²) < 4.78 is 52.0. The summed E-state index contributed by atoms with van der Waals surface area (Å²) in [5, 5.41) is 4.75. The zero-order valence-electron chi connectivity index (χ0n) is 16.3. The Hall–Kier alpha value is -2.87. The van der Waals surface area contributed by atoms with Crippen LogP contribution in [0.2, 0.25) is 0 Å². The standard InChI is InChI=1S/C21H20F3N3O2/c1-12-8-14(9-13(2)25-12)20-16-11-29-7-6-18(16)27(26-20)15-4-5-17(21(22,23)24)19(10-15)28-3/h4-5,8-10H,6-7,11H2,1-3H3. The van der Waals surface area contributed by atoms with E-state index in [0.29, 0.717) is 25.3 Å². The third kappa shape index (κ3) is 3.60. The lowest BCUT2D eigenvalue weighted by molar-refractivity contribution is -0.138. The number of hydrogen-bond donors (Lipinski definition) is 0. The zero-order chi connectivity index (χ0) is 20.8. The average molecular weight is 403 g/mol. The average Bonchev–Trinajstić information content (AvgIpc) is 3.06. The lowest BCUT2D eigenvalue weighted by Gasteiger charge is -2.17. The fourth-order valence-electron chi connectivity index (χ4n) is 3.70. The third-order valence-electron chi connectivity index (χ3n) is 4.91. The van der Waals surface area contributed by atoms with Gasteiger partial charge < -0.3 is 9.47 Å². The van der Waals surface area contributed by atoms with Gasteiger partial charge in [0.1, 0.15) is 5.75 Å². The molecule has 1 aliphatic heterocycles. The monoisotopic (exact) mass is 403 g/mol. The van der Waals surface area contributed by atoms with Crippen LogP contribution in [0, 0.1) is 13.8 Å².